The van der Waals surface area contributed by atoms with Gasteiger partial charge in [0.15, 0.2) is 0 Å². The molecule has 152 valence electrons. The molecule has 4 nitrogen and oxygen atoms in total. The molecule has 2 aromatic carbocycles. The molecule has 3 aromatic rings. The number of hydrogen-bond acceptors (Lipinski definition) is 3. The van der Waals surface area contributed by atoms with Crippen LogP contribution < -0.4 is 11.3 Å². The first kappa shape index (κ1) is 27.2. The second kappa shape index (κ2) is 13.2. The predicted molar refractivity (Wildman–Crippen MR) is 125 cm³/mol. The van der Waals surface area contributed by atoms with Crippen molar-refractivity contribution in [1.29, 1.82) is 0 Å². The number of likely N-dealkylation sites (N-methyl/N-ethyl adjacent to an activating group) is 1. The summed E-state index contributed by atoms with van der Waals surface area (Å²) in [5.41, 5.74) is 8.73. The summed E-state index contributed by atoms with van der Waals surface area (Å²) in [6, 6.07) is 14.5. The van der Waals surface area contributed by atoms with Crippen LogP contribution in [0.2, 0.25) is 0 Å². The summed E-state index contributed by atoms with van der Waals surface area (Å²) >= 11 is 0. The van der Waals surface area contributed by atoms with Crippen molar-refractivity contribution in [2.75, 3.05) is 26.1 Å². The number of nitrogens with zero attached hydrogens (tertiary/aromatic N) is 1. The Bertz CT molecular complexity index is 764. The fourth-order valence-corrected chi connectivity index (χ4v) is 2.49. The van der Waals surface area contributed by atoms with Crippen LogP contribution in [0.3, 0.4) is 0 Å². The summed E-state index contributed by atoms with van der Waals surface area (Å²) < 4.78 is 0. The second-order valence-corrected chi connectivity index (χ2v) is 6.43. The van der Waals surface area contributed by atoms with E-state index in [0.29, 0.717) is 0 Å². The van der Waals surface area contributed by atoms with Gasteiger partial charge in [0.05, 0.1) is 0 Å². The maximum Gasteiger partial charge on any atom is 0.0485 e. The van der Waals surface area contributed by atoms with E-state index in [0.717, 1.165) is 18.7 Å². The van der Waals surface area contributed by atoms with Crippen molar-refractivity contribution in [3.63, 3.8) is 0 Å². The normalized spacial score (nSPS) is 9.41. The molecule has 0 unspecified atom stereocenters. The molecule has 0 radical (unpaired) electrons. The maximum atomic E-state index is 5.15. The number of nitrogens with one attached hydrogen (secondary N) is 2. The fraction of sp³-hybridized carbons (Fsp3) is 0.364. The fourth-order valence-electron chi connectivity index (χ4n) is 2.49. The van der Waals surface area contributed by atoms with Crippen molar-refractivity contribution in [2.24, 2.45) is 5.84 Å². The molecule has 1 heterocycles. The lowest BCUT2D eigenvalue weighted by atomic mass is 10.1. The number of H-pyrrole nitrogens is 1. The molecule has 0 saturated heterocycles. The summed E-state index contributed by atoms with van der Waals surface area (Å²) in [5, 5.41) is 1.37. The SMILES string of the molecule is C.C.Cc1ccc(NN)cc1.Cc1ccc2[nH]cc(CCN(C)C)c2c1.Cl. The van der Waals surface area contributed by atoms with Crippen LogP contribution in [0.5, 0.6) is 0 Å². The van der Waals surface area contributed by atoms with E-state index in [9.17, 15) is 0 Å². The molecule has 3 rings (SSSR count). The number of nitrogen functional groups attached to an aromatic ring is 1. The Labute approximate surface area is 171 Å². The highest BCUT2D eigenvalue weighted by Crippen LogP contribution is 2.20. The van der Waals surface area contributed by atoms with Gasteiger partial charge in [-0.3, -0.25) is 5.84 Å². The molecular weight excluding hydrogens is 356 g/mol. The van der Waals surface area contributed by atoms with Gasteiger partial charge in [-0.05, 0) is 64.2 Å². The monoisotopic (exact) mass is 392 g/mol. The van der Waals surface area contributed by atoms with Gasteiger partial charge in [-0.2, -0.15) is 0 Å². The number of hydrogen-bond donors (Lipinski definition) is 3. The second-order valence-electron chi connectivity index (χ2n) is 6.43. The van der Waals surface area contributed by atoms with Crippen LogP contribution in [0.1, 0.15) is 31.5 Å². The van der Waals surface area contributed by atoms with E-state index in [1.807, 2.05) is 31.2 Å². The first-order chi connectivity index (χ1) is 11.5. The van der Waals surface area contributed by atoms with Gasteiger partial charge in [0.1, 0.15) is 0 Å². The molecule has 0 saturated carbocycles. The van der Waals surface area contributed by atoms with Gasteiger partial charge < -0.3 is 15.3 Å². The number of rotatable bonds is 4. The first-order valence-corrected chi connectivity index (χ1v) is 8.24. The largest absolute Gasteiger partial charge is 0.361 e. The zero-order valence-corrected chi connectivity index (χ0v) is 16.3. The molecular formula is C22H37ClN4. The van der Waals surface area contributed by atoms with Crippen molar-refractivity contribution in [3.8, 4) is 0 Å². The molecule has 0 aliphatic heterocycles. The zero-order valence-electron chi connectivity index (χ0n) is 15.5. The van der Waals surface area contributed by atoms with Crippen molar-refractivity contribution >= 4 is 29.0 Å². The number of halogens is 1. The Balaban J connectivity index is 0. The number of hydrazine groups is 1. The lowest BCUT2D eigenvalue weighted by molar-refractivity contribution is 0.414. The van der Waals surface area contributed by atoms with Crippen molar-refractivity contribution < 1.29 is 0 Å². The van der Waals surface area contributed by atoms with E-state index in [1.54, 1.807) is 0 Å². The average Bonchev–Trinajstić information content (AvgIpc) is 2.96. The van der Waals surface area contributed by atoms with Crippen LogP contribution in [0.25, 0.3) is 10.9 Å². The van der Waals surface area contributed by atoms with Gasteiger partial charge in [-0.15, -0.1) is 12.4 Å². The molecule has 0 aliphatic carbocycles. The van der Waals surface area contributed by atoms with Crippen LogP contribution >= 0.6 is 12.4 Å². The third-order valence-electron chi connectivity index (χ3n) is 3.97. The quantitative estimate of drug-likeness (QED) is 0.402. The van der Waals surface area contributed by atoms with Crippen LogP contribution in [-0.2, 0) is 6.42 Å². The van der Waals surface area contributed by atoms with Crippen molar-refractivity contribution in [2.45, 2.75) is 35.1 Å². The Kier molecular flexibility index (Phi) is 13.3. The summed E-state index contributed by atoms with van der Waals surface area (Å²) in [5.74, 6) is 5.15. The van der Waals surface area contributed by atoms with Crippen molar-refractivity contribution in [3.05, 3.63) is 65.4 Å². The van der Waals surface area contributed by atoms with Gasteiger partial charge in [-0.1, -0.05) is 44.2 Å². The smallest absolute Gasteiger partial charge is 0.0485 e. The number of aryl methyl sites for hydroxylation is 2. The molecule has 1 aromatic heterocycles. The van der Waals surface area contributed by atoms with Crippen LogP contribution in [0.15, 0.2) is 48.7 Å². The number of anilines is 1. The third kappa shape index (κ3) is 8.48. The minimum atomic E-state index is 0. The van der Waals surface area contributed by atoms with E-state index in [1.165, 1.54) is 27.6 Å². The molecule has 27 heavy (non-hydrogen) atoms. The molecule has 0 spiro atoms. The van der Waals surface area contributed by atoms with E-state index in [-0.39, 0.29) is 27.3 Å². The van der Waals surface area contributed by atoms with E-state index in [4.69, 9.17) is 5.84 Å². The molecule has 0 atom stereocenters. The van der Waals surface area contributed by atoms with Gasteiger partial charge in [0.2, 0.25) is 0 Å². The number of aromatic nitrogens is 1. The molecule has 0 aliphatic rings. The van der Waals surface area contributed by atoms with E-state index < -0.39 is 0 Å². The van der Waals surface area contributed by atoms with Crippen LogP contribution in [0.4, 0.5) is 5.69 Å². The molecule has 0 fully saturated rings. The van der Waals surface area contributed by atoms with Gasteiger partial charge in [0, 0.05) is 29.3 Å². The highest BCUT2D eigenvalue weighted by atomic mass is 35.5. The number of nitrogens with two attached hydrogens (primary N) is 1. The maximum absolute atomic E-state index is 5.15. The topological polar surface area (TPSA) is 57.1 Å². The summed E-state index contributed by atoms with van der Waals surface area (Å²) in [4.78, 5) is 5.54. The number of benzene rings is 2. The average molecular weight is 393 g/mol. The highest BCUT2D eigenvalue weighted by Gasteiger charge is 2.03. The molecule has 0 bridgehead atoms. The minimum Gasteiger partial charge on any atom is -0.361 e. The molecule has 4 N–H and O–H groups in total. The molecule has 0 amide bonds. The lowest BCUT2D eigenvalue weighted by Crippen LogP contribution is -2.14. The number of fused-ring (bicyclic) bond motifs is 1. The van der Waals surface area contributed by atoms with Gasteiger partial charge in [-0.25, -0.2) is 0 Å². The number of aromatic amines is 1. The van der Waals surface area contributed by atoms with Crippen LogP contribution in [-0.4, -0.2) is 30.5 Å². The third-order valence-corrected chi connectivity index (χ3v) is 3.97. The van der Waals surface area contributed by atoms with E-state index in [2.05, 4.69) is 60.7 Å². The first-order valence-electron chi connectivity index (χ1n) is 8.24. The van der Waals surface area contributed by atoms with Gasteiger partial charge in [0.25, 0.3) is 0 Å². The summed E-state index contributed by atoms with van der Waals surface area (Å²) in [6.45, 7) is 5.28. The lowest BCUT2D eigenvalue weighted by Gasteiger charge is -2.08. The summed E-state index contributed by atoms with van der Waals surface area (Å²) in [7, 11) is 4.22. The Morgan fingerprint density at radius 3 is 2.11 bits per heavy atom. The Morgan fingerprint density at radius 1 is 0.963 bits per heavy atom. The standard InChI is InChI=1S/C13H18N2.C7H10N2.2CH4.ClH/c1-10-4-5-13-12(8-10)11(9-14-13)6-7-15(2)3;1-6-2-4-7(9-8)5-3-6;;;/h4-5,8-9,14H,6-7H2,1-3H3;2-5,9H,8H2,1H3;2*1H4;1H. The Hall–Kier alpha value is -2.01. The van der Waals surface area contributed by atoms with E-state index >= 15 is 0 Å². The Morgan fingerprint density at radius 2 is 1.56 bits per heavy atom. The summed E-state index contributed by atoms with van der Waals surface area (Å²) in [6.07, 6.45) is 3.24. The van der Waals surface area contributed by atoms with Gasteiger partial charge >= 0.3 is 0 Å². The predicted octanol–water partition coefficient (Wildman–Crippen LogP) is 5.56. The zero-order chi connectivity index (χ0) is 17.5. The van der Waals surface area contributed by atoms with Crippen molar-refractivity contribution in [1.82, 2.24) is 9.88 Å². The minimum absolute atomic E-state index is 0. The highest BCUT2D eigenvalue weighted by molar-refractivity contribution is 5.85. The van der Waals surface area contributed by atoms with Crippen LogP contribution in [0, 0.1) is 13.8 Å². The molecule has 5 heteroatoms.